The highest BCUT2D eigenvalue weighted by molar-refractivity contribution is 5.95. The molecule has 0 aliphatic rings. The van der Waals surface area contributed by atoms with E-state index < -0.39 is 30.6 Å². The lowest BCUT2D eigenvalue weighted by Gasteiger charge is -2.25. The molecule has 0 fully saturated rings. The number of nitrogens with zero attached hydrogens (tertiary/aromatic N) is 4. The number of carbonyl (C=O) groups excluding carboxylic acids is 1. The highest BCUT2D eigenvalue weighted by Gasteiger charge is 2.41. The molecule has 4 aromatic rings. The van der Waals surface area contributed by atoms with Crippen molar-refractivity contribution in [3.05, 3.63) is 102 Å². The molecule has 7 nitrogen and oxygen atoms in total. The lowest BCUT2D eigenvalue weighted by molar-refractivity contribution is -0.150. The molecule has 0 spiro atoms. The average molecular weight is 505 g/mol. The summed E-state index contributed by atoms with van der Waals surface area (Å²) >= 11 is 0. The van der Waals surface area contributed by atoms with Gasteiger partial charge in [0.2, 0.25) is 5.91 Å². The van der Waals surface area contributed by atoms with Crippen molar-refractivity contribution in [2.24, 2.45) is 7.05 Å². The number of halogens is 3. The number of carbonyl (C=O) groups is 1. The minimum atomic E-state index is -4.57. The first-order valence-electron chi connectivity index (χ1n) is 11.4. The standard InChI is InChI=1S/C27H23F3N6O/c1-36-17-22(15-34-36)21-11-12-24(32-14-21)35-26(37)25(20-5-3-2-4-6-20)33-16-23(27(28,29)30)19-9-7-18(13-31)8-10-19/h2-12,14-15,17,23,25,33H,16H2,1H3,(H,32,35,37)/t23-,25-/m1/s1. The molecule has 2 aromatic heterocycles. The van der Waals surface area contributed by atoms with Crippen LogP contribution in [0.15, 0.2) is 85.3 Å². The first-order chi connectivity index (χ1) is 17.7. The Hall–Kier alpha value is -4.49. The van der Waals surface area contributed by atoms with E-state index >= 15 is 0 Å². The molecule has 0 radical (unpaired) electrons. The minimum absolute atomic E-state index is 0.00104. The van der Waals surface area contributed by atoms with E-state index in [0.717, 1.165) is 11.1 Å². The molecular weight excluding hydrogens is 481 g/mol. The zero-order chi connectivity index (χ0) is 26.4. The van der Waals surface area contributed by atoms with Crippen molar-refractivity contribution >= 4 is 11.7 Å². The Labute approximate surface area is 211 Å². The molecule has 0 unspecified atom stereocenters. The van der Waals surface area contributed by atoms with Crippen molar-refractivity contribution in [2.75, 3.05) is 11.9 Å². The summed E-state index contributed by atoms with van der Waals surface area (Å²) in [5.74, 6) is -2.16. The van der Waals surface area contributed by atoms with Crippen molar-refractivity contribution < 1.29 is 18.0 Å². The quantitative estimate of drug-likeness (QED) is 0.353. The molecule has 0 saturated carbocycles. The SMILES string of the molecule is Cn1cc(-c2ccc(NC(=O)[C@H](NC[C@H](c3ccc(C#N)cc3)C(F)(F)F)c3ccccc3)nc2)cn1. The molecule has 188 valence electrons. The van der Waals surface area contributed by atoms with Gasteiger partial charge in [-0.2, -0.15) is 23.5 Å². The van der Waals surface area contributed by atoms with Crippen LogP contribution in [0.25, 0.3) is 11.1 Å². The van der Waals surface area contributed by atoms with Gasteiger partial charge in [0.05, 0.1) is 23.7 Å². The van der Waals surface area contributed by atoms with Crippen LogP contribution in [-0.2, 0) is 11.8 Å². The van der Waals surface area contributed by atoms with Crippen molar-refractivity contribution in [1.82, 2.24) is 20.1 Å². The zero-order valence-electron chi connectivity index (χ0n) is 19.8. The van der Waals surface area contributed by atoms with Gasteiger partial charge in [0.1, 0.15) is 11.9 Å². The van der Waals surface area contributed by atoms with E-state index in [9.17, 15) is 18.0 Å². The summed E-state index contributed by atoms with van der Waals surface area (Å²) in [5.41, 5.74) is 2.43. The number of hydrogen-bond acceptors (Lipinski definition) is 5. The Balaban J connectivity index is 1.53. The van der Waals surface area contributed by atoms with Gasteiger partial charge in [0, 0.05) is 37.1 Å². The first-order valence-corrected chi connectivity index (χ1v) is 11.4. The van der Waals surface area contributed by atoms with E-state index in [2.05, 4.69) is 20.7 Å². The number of aryl methyl sites for hydroxylation is 1. The molecule has 0 aliphatic carbocycles. The van der Waals surface area contributed by atoms with E-state index in [1.54, 1.807) is 66.6 Å². The fourth-order valence-electron chi connectivity index (χ4n) is 3.86. The van der Waals surface area contributed by atoms with Crippen LogP contribution < -0.4 is 10.6 Å². The molecule has 0 bridgehead atoms. The maximum Gasteiger partial charge on any atom is 0.396 e. The molecule has 2 heterocycles. The predicted molar refractivity (Wildman–Crippen MR) is 132 cm³/mol. The fourth-order valence-corrected chi connectivity index (χ4v) is 3.86. The second-order valence-electron chi connectivity index (χ2n) is 8.40. The molecule has 0 aliphatic heterocycles. The molecule has 10 heteroatoms. The van der Waals surface area contributed by atoms with Crippen LogP contribution in [-0.4, -0.2) is 33.4 Å². The van der Waals surface area contributed by atoms with Gasteiger partial charge in [0.25, 0.3) is 0 Å². The topological polar surface area (TPSA) is 95.6 Å². The number of benzene rings is 2. The summed E-state index contributed by atoms with van der Waals surface area (Å²) in [4.78, 5) is 17.5. The number of aromatic nitrogens is 3. The normalized spacial score (nSPS) is 12.9. The smallest absolute Gasteiger partial charge is 0.309 e. The number of anilines is 1. The van der Waals surface area contributed by atoms with Crippen molar-refractivity contribution in [3.8, 4) is 17.2 Å². The van der Waals surface area contributed by atoms with E-state index in [1.165, 1.54) is 24.3 Å². The van der Waals surface area contributed by atoms with Gasteiger partial charge >= 0.3 is 6.18 Å². The number of hydrogen-bond donors (Lipinski definition) is 2. The Morgan fingerprint density at radius 2 is 1.73 bits per heavy atom. The van der Waals surface area contributed by atoms with Crippen LogP contribution in [0.3, 0.4) is 0 Å². The Morgan fingerprint density at radius 1 is 1.00 bits per heavy atom. The summed E-state index contributed by atoms with van der Waals surface area (Å²) < 4.78 is 43.5. The summed E-state index contributed by atoms with van der Waals surface area (Å²) in [6.07, 6.45) is 0.538. The van der Waals surface area contributed by atoms with Gasteiger partial charge in [-0.1, -0.05) is 42.5 Å². The highest BCUT2D eigenvalue weighted by atomic mass is 19.4. The molecule has 2 N–H and O–H groups in total. The first kappa shape index (κ1) is 25.6. The molecule has 4 rings (SSSR count). The van der Waals surface area contributed by atoms with Gasteiger partial charge in [-0.05, 0) is 35.4 Å². The number of alkyl halides is 3. The second kappa shape index (κ2) is 11.1. The van der Waals surface area contributed by atoms with Gasteiger partial charge in [-0.25, -0.2) is 4.98 Å². The van der Waals surface area contributed by atoms with E-state index in [-0.39, 0.29) is 16.9 Å². The van der Waals surface area contributed by atoms with Crippen LogP contribution in [0.1, 0.15) is 28.7 Å². The lowest BCUT2D eigenvalue weighted by Crippen LogP contribution is -2.39. The lowest BCUT2D eigenvalue weighted by atomic mass is 9.96. The Kier molecular flexibility index (Phi) is 7.65. The minimum Gasteiger partial charge on any atom is -0.309 e. The van der Waals surface area contributed by atoms with E-state index in [4.69, 9.17) is 5.26 Å². The van der Waals surface area contributed by atoms with Gasteiger partial charge < -0.3 is 10.6 Å². The van der Waals surface area contributed by atoms with Crippen molar-refractivity contribution in [3.63, 3.8) is 0 Å². The third-order valence-corrected chi connectivity index (χ3v) is 5.81. The van der Waals surface area contributed by atoms with Crippen molar-refractivity contribution in [1.29, 1.82) is 5.26 Å². The summed E-state index contributed by atoms with van der Waals surface area (Å²) in [7, 11) is 1.80. The maximum absolute atomic E-state index is 13.9. The molecular formula is C27H23F3N6O. The van der Waals surface area contributed by atoms with Crippen molar-refractivity contribution in [2.45, 2.75) is 18.1 Å². The number of nitrogens with one attached hydrogen (secondary N) is 2. The number of pyridine rings is 1. The maximum atomic E-state index is 13.9. The number of nitriles is 1. The monoisotopic (exact) mass is 504 g/mol. The molecule has 2 aromatic carbocycles. The zero-order valence-corrected chi connectivity index (χ0v) is 19.8. The highest BCUT2D eigenvalue weighted by Crippen LogP contribution is 2.35. The van der Waals surface area contributed by atoms with Gasteiger partial charge in [-0.15, -0.1) is 0 Å². The Bertz CT molecular complexity index is 1380. The number of rotatable bonds is 8. The molecule has 37 heavy (non-hydrogen) atoms. The summed E-state index contributed by atoms with van der Waals surface area (Å²) in [5, 5.41) is 18.6. The average Bonchev–Trinajstić information content (AvgIpc) is 3.33. The van der Waals surface area contributed by atoms with E-state index in [0.29, 0.717) is 5.56 Å². The van der Waals surface area contributed by atoms with E-state index in [1.807, 2.05) is 12.3 Å². The summed E-state index contributed by atoms with van der Waals surface area (Å²) in [6, 6.07) is 18.0. The second-order valence-corrected chi connectivity index (χ2v) is 8.40. The fraction of sp³-hybridized carbons (Fsp3) is 0.185. The third-order valence-electron chi connectivity index (χ3n) is 5.81. The van der Waals surface area contributed by atoms with Crippen LogP contribution >= 0.6 is 0 Å². The third kappa shape index (κ3) is 6.39. The van der Waals surface area contributed by atoms with Crippen LogP contribution in [0.2, 0.25) is 0 Å². The van der Waals surface area contributed by atoms with Crippen LogP contribution in [0, 0.1) is 11.3 Å². The van der Waals surface area contributed by atoms with Gasteiger partial charge in [0.15, 0.2) is 0 Å². The summed E-state index contributed by atoms with van der Waals surface area (Å²) in [6.45, 7) is -0.546. The van der Waals surface area contributed by atoms with Crippen LogP contribution in [0.5, 0.6) is 0 Å². The number of amides is 1. The molecule has 2 atom stereocenters. The molecule has 0 saturated heterocycles. The van der Waals surface area contributed by atoms with Gasteiger partial charge in [-0.3, -0.25) is 9.48 Å². The van der Waals surface area contributed by atoms with Crippen LogP contribution in [0.4, 0.5) is 19.0 Å². The largest absolute Gasteiger partial charge is 0.396 e. The predicted octanol–water partition coefficient (Wildman–Crippen LogP) is 4.97. The Morgan fingerprint density at radius 3 is 2.30 bits per heavy atom. The molecule has 1 amide bonds.